The van der Waals surface area contributed by atoms with E-state index in [4.69, 9.17) is 5.26 Å². The summed E-state index contributed by atoms with van der Waals surface area (Å²) in [6.45, 7) is 1.89. The van der Waals surface area contributed by atoms with E-state index in [1.807, 2.05) is 25.1 Å². The summed E-state index contributed by atoms with van der Waals surface area (Å²) in [5.74, 6) is -0.217. The molecule has 72 valence electrons. The maximum Gasteiger partial charge on any atom is 0.252 e. The van der Waals surface area contributed by atoms with E-state index in [1.54, 1.807) is 6.07 Å². The van der Waals surface area contributed by atoms with Crippen LogP contribution in [0.3, 0.4) is 0 Å². The minimum atomic E-state index is -0.217. The van der Waals surface area contributed by atoms with Gasteiger partial charge in [0.25, 0.3) is 5.91 Å². The van der Waals surface area contributed by atoms with Crippen molar-refractivity contribution in [2.24, 2.45) is 0 Å². The van der Waals surface area contributed by atoms with Crippen LogP contribution in [0, 0.1) is 18.3 Å². The fraction of sp³-hybridized carbons (Fsp3) is 0.200. The molecule has 0 aliphatic heterocycles. The van der Waals surface area contributed by atoms with Crippen molar-refractivity contribution in [3.8, 4) is 6.07 Å². The van der Waals surface area contributed by atoms with Gasteiger partial charge < -0.3 is 5.32 Å². The van der Waals surface area contributed by atoms with Gasteiger partial charge in [-0.2, -0.15) is 5.26 Å². The summed E-state index contributed by atoms with van der Waals surface area (Å²) in [6.07, 6.45) is 0. The number of aryl methyl sites for hydroxylation is 1. The van der Waals surface area contributed by atoms with Crippen molar-refractivity contribution < 1.29 is 4.79 Å². The summed E-state index contributed by atoms with van der Waals surface area (Å²) in [6, 6.07) is 7.32. The Morgan fingerprint density at radius 3 is 3.00 bits per heavy atom. The number of nitriles is 1. The molecular weight excluding hydrogens is 244 g/mol. The molecule has 0 spiro atoms. The first-order valence-corrected chi connectivity index (χ1v) is 4.85. The highest BCUT2D eigenvalue weighted by Crippen LogP contribution is 2.15. The van der Waals surface area contributed by atoms with Gasteiger partial charge in [-0.3, -0.25) is 4.79 Å². The van der Waals surface area contributed by atoms with Gasteiger partial charge in [0.05, 0.1) is 6.07 Å². The van der Waals surface area contributed by atoms with Crippen LogP contribution >= 0.6 is 15.9 Å². The van der Waals surface area contributed by atoms with Crippen molar-refractivity contribution in [3.63, 3.8) is 0 Å². The molecule has 0 aliphatic carbocycles. The zero-order valence-corrected chi connectivity index (χ0v) is 9.26. The van der Waals surface area contributed by atoms with Gasteiger partial charge in [-0.1, -0.05) is 22.0 Å². The molecule has 1 aromatic carbocycles. The Kier molecular flexibility index (Phi) is 3.66. The molecule has 0 saturated heterocycles. The Hall–Kier alpha value is -1.34. The number of nitrogens with one attached hydrogen (secondary N) is 1. The second-order valence-electron chi connectivity index (χ2n) is 2.80. The number of amides is 1. The average molecular weight is 253 g/mol. The summed E-state index contributed by atoms with van der Waals surface area (Å²) in [5.41, 5.74) is 1.48. The lowest BCUT2D eigenvalue weighted by molar-refractivity contribution is 0.0958. The second-order valence-corrected chi connectivity index (χ2v) is 3.72. The molecule has 4 heteroatoms. The molecule has 0 radical (unpaired) electrons. The Labute approximate surface area is 90.9 Å². The minimum absolute atomic E-state index is 0.0325. The molecule has 14 heavy (non-hydrogen) atoms. The van der Waals surface area contributed by atoms with Gasteiger partial charge >= 0.3 is 0 Å². The molecule has 0 unspecified atom stereocenters. The molecule has 0 heterocycles. The maximum atomic E-state index is 11.5. The molecule has 0 aliphatic rings. The van der Waals surface area contributed by atoms with E-state index in [-0.39, 0.29) is 12.5 Å². The van der Waals surface area contributed by atoms with E-state index in [2.05, 4.69) is 21.2 Å². The van der Waals surface area contributed by atoms with Crippen LogP contribution in [0.15, 0.2) is 22.7 Å². The van der Waals surface area contributed by atoms with Gasteiger partial charge in [0.1, 0.15) is 6.54 Å². The van der Waals surface area contributed by atoms with Gasteiger partial charge in [-0.05, 0) is 24.6 Å². The topological polar surface area (TPSA) is 52.9 Å². The second kappa shape index (κ2) is 4.77. The molecule has 1 aromatic rings. The third-order valence-corrected chi connectivity index (χ3v) is 2.27. The summed E-state index contributed by atoms with van der Waals surface area (Å²) < 4.78 is 0.852. The lowest BCUT2D eigenvalue weighted by atomic mass is 10.1. The molecular formula is C10H9BrN2O. The molecule has 0 aromatic heterocycles. The SMILES string of the molecule is Cc1ccc(Br)cc1C(=O)NCC#N. The quantitative estimate of drug-likeness (QED) is 0.819. The number of halogens is 1. The van der Waals surface area contributed by atoms with E-state index in [9.17, 15) is 4.79 Å². The maximum absolute atomic E-state index is 11.5. The number of carbonyl (C=O) groups excluding carboxylic acids is 1. The highest BCUT2D eigenvalue weighted by molar-refractivity contribution is 9.10. The summed E-state index contributed by atoms with van der Waals surface area (Å²) in [5, 5.41) is 10.8. The van der Waals surface area contributed by atoms with Crippen LogP contribution in [0.2, 0.25) is 0 Å². The molecule has 0 saturated carbocycles. The van der Waals surface area contributed by atoms with Crippen LogP contribution in [-0.4, -0.2) is 12.5 Å². The van der Waals surface area contributed by atoms with E-state index >= 15 is 0 Å². The van der Waals surface area contributed by atoms with Crippen LogP contribution in [0.1, 0.15) is 15.9 Å². The van der Waals surface area contributed by atoms with Crippen LogP contribution in [0.4, 0.5) is 0 Å². The Morgan fingerprint density at radius 1 is 1.64 bits per heavy atom. The zero-order valence-electron chi connectivity index (χ0n) is 7.67. The third-order valence-electron chi connectivity index (χ3n) is 1.77. The summed E-state index contributed by atoms with van der Waals surface area (Å²) in [7, 11) is 0. The van der Waals surface area contributed by atoms with Crippen molar-refractivity contribution in [2.75, 3.05) is 6.54 Å². The first-order chi connectivity index (χ1) is 6.65. The lowest BCUT2D eigenvalue weighted by Crippen LogP contribution is -2.24. The van der Waals surface area contributed by atoms with Gasteiger partial charge in [-0.15, -0.1) is 0 Å². The summed E-state index contributed by atoms with van der Waals surface area (Å²) in [4.78, 5) is 11.5. The number of rotatable bonds is 2. The highest BCUT2D eigenvalue weighted by atomic mass is 79.9. The van der Waals surface area contributed by atoms with Crippen molar-refractivity contribution in [1.29, 1.82) is 5.26 Å². The molecule has 0 atom stereocenters. The molecule has 0 fully saturated rings. The number of hydrogen-bond acceptors (Lipinski definition) is 2. The van der Waals surface area contributed by atoms with E-state index in [0.717, 1.165) is 10.0 Å². The minimum Gasteiger partial charge on any atom is -0.339 e. The zero-order chi connectivity index (χ0) is 10.6. The lowest BCUT2D eigenvalue weighted by Gasteiger charge is -2.05. The Bertz CT molecular complexity index is 396. The molecule has 1 N–H and O–H groups in total. The van der Waals surface area contributed by atoms with Crippen molar-refractivity contribution >= 4 is 21.8 Å². The molecule has 1 rings (SSSR count). The smallest absolute Gasteiger partial charge is 0.252 e. The van der Waals surface area contributed by atoms with E-state index < -0.39 is 0 Å². The largest absolute Gasteiger partial charge is 0.339 e. The van der Waals surface area contributed by atoms with Crippen LogP contribution < -0.4 is 5.32 Å². The van der Waals surface area contributed by atoms with Gasteiger partial charge in [0.2, 0.25) is 0 Å². The summed E-state index contributed by atoms with van der Waals surface area (Å²) >= 11 is 3.29. The number of hydrogen-bond donors (Lipinski definition) is 1. The normalized spacial score (nSPS) is 9.21. The van der Waals surface area contributed by atoms with Crippen molar-refractivity contribution in [1.82, 2.24) is 5.32 Å². The van der Waals surface area contributed by atoms with E-state index in [1.165, 1.54) is 0 Å². The monoisotopic (exact) mass is 252 g/mol. The molecule has 3 nitrogen and oxygen atoms in total. The fourth-order valence-corrected chi connectivity index (χ4v) is 1.41. The van der Waals surface area contributed by atoms with Crippen molar-refractivity contribution in [3.05, 3.63) is 33.8 Å². The van der Waals surface area contributed by atoms with Crippen molar-refractivity contribution in [2.45, 2.75) is 6.92 Å². The van der Waals surface area contributed by atoms with Gasteiger partial charge in [0.15, 0.2) is 0 Å². The first-order valence-electron chi connectivity index (χ1n) is 4.06. The number of carbonyl (C=O) groups is 1. The van der Waals surface area contributed by atoms with Crippen LogP contribution in [0.25, 0.3) is 0 Å². The Balaban J connectivity index is 2.90. The molecule has 1 amide bonds. The standard InChI is InChI=1S/C10H9BrN2O/c1-7-2-3-8(11)6-9(7)10(14)13-5-4-12/h2-3,6H,5H2,1H3,(H,13,14). The number of benzene rings is 1. The fourth-order valence-electron chi connectivity index (χ4n) is 1.05. The van der Waals surface area contributed by atoms with Gasteiger partial charge in [-0.25, -0.2) is 0 Å². The predicted molar refractivity (Wildman–Crippen MR) is 56.8 cm³/mol. The van der Waals surface area contributed by atoms with Crippen LogP contribution in [0.5, 0.6) is 0 Å². The first kappa shape index (κ1) is 10.7. The molecule has 0 bridgehead atoms. The van der Waals surface area contributed by atoms with E-state index in [0.29, 0.717) is 5.56 Å². The number of nitrogens with zero attached hydrogens (tertiary/aromatic N) is 1. The highest BCUT2D eigenvalue weighted by Gasteiger charge is 2.07. The van der Waals surface area contributed by atoms with Crippen LogP contribution in [-0.2, 0) is 0 Å². The third kappa shape index (κ3) is 2.57. The average Bonchev–Trinajstić information content (AvgIpc) is 2.18. The Morgan fingerprint density at radius 2 is 2.36 bits per heavy atom. The predicted octanol–water partition coefficient (Wildman–Crippen LogP) is 2.01. The van der Waals surface area contributed by atoms with Gasteiger partial charge in [0, 0.05) is 10.0 Å².